The van der Waals surface area contributed by atoms with E-state index in [1.807, 2.05) is 5.38 Å². The maximum absolute atomic E-state index is 11.0. The molecule has 1 aromatic rings. The van der Waals surface area contributed by atoms with Crippen LogP contribution in [0, 0.1) is 23.7 Å². The van der Waals surface area contributed by atoms with E-state index < -0.39 is 5.60 Å². The van der Waals surface area contributed by atoms with Crippen molar-refractivity contribution in [2.24, 2.45) is 23.7 Å². The fourth-order valence-electron chi connectivity index (χ4n) is 4.81. The van der Waals surface area contributed by atoms with Crippen LogP contribution in [-0.2, 0) is 5.60 Å². The van der Waals surface area contributed by atoms with Crippen molar-refractivity contribution in [3.05, 3.63) is 15.0 Å². The van der Waals surface area contributed by atoms with Crippen molar-refractivity contribution in [3.8, 4) is 0 Å². The van der Waals surface area contributed by atoms with E-state index in [1.165, 1.54) is 25.7 Å². The molecule has 17 heavy (non-hydrogen) atoms. The summed E-state index contributed by atoms with van der Waals surface area (Å²) in [5, 5.41) is 14.0. The Morgan fingerprint density at radius 2 is 2.24 bits per heavy atom. The molecule has 1 aromatic heterocycles. The minimum atomic E-state index is -0.604. The lowest BCUT2D eigenvalue weighted by Gasteiger charge is -2.37. The molecule has 0 saturated heterocycles. The molecule has 0 spiro atoms. The molecular formula is C13H16BrNOS. The average molecular weight is 314 g/mol. The first-order valence-electron chi connectivity index (χ1n) is 6.52. The highest BCUT2D eigenvalue weighted by Crippen LogP contribution is 2.65. The molecule has 1 N–H and O–H groups in total. The number of hydrogen-bond donors (Lipinski definition) is 1. The van der Waals surface area contributed by atoms with E-state index in [4.69, 9.17) is 0 Å². The summed E-state index contributed by atoms with van der Waals surface area (Å²) in [6, 6.07) is 0. The van der Waals surface area contributed by atoms with E-state index in [1.54, 1.807) is 11.3 Å². The molecule has 2 bridgehead atoms. The highest BCUT2D eigenvalue weighted by Gasteiger charge is 2.61. The summed E-state index contributed by atoms with van der Waals surface area (Å²) in [7, 11) is 0. The lowest BCUT2D eigenvalue weighted by Crippen LogP contribution is -2.38. The fraction of sp³-hybridized carbons (Fsp3) is 0.769. The number of nitrogens with zero attached hydrogens (tertiary/aromatic N) is 1. The predicted octanol–water partition coefficient (Wildman–Crippen LogP) is 3.55. The van der Waals surface area contributed by atoms with E-state index in [2.05, 4.69) is 20.9 Å². The number of aromatic nitrogens is 1. The Hall–Kier alpha value is 0.0700. The van der Waals surface area contributed by atoms with Gasteiger partial charge in [-0.3, -0.25) is 0 Å². The maximum atomic E-state index is 11.0. The summed E-state index contributed by atoms with van der Waals surface area (Å²) in [4.78, 5) is 4.48. The van der Waals surface area contributed by atoms with Gasteiger partial charge in [0, 0.05) is 5.38 Å². The van der Waals surface area contributed by atoms with Crippen LogP contribution in [0.3, 0.4) is 0 Å². The number of hydrogen-bond acceptors (Lipinski definition) is 3. The molecule has 92 valence electrons. The Bertz CT molecular complexity index is 462. The average Bonchev–Trinajstić information content (AvgIpc) is 2.95. The van der Waals surface area contributed by atoms with Crippen LogP contribution in [0.4, 0.5) is 0 Å². The van der Waals surface area contributed by atoms with Gasteiger partial charge in [-0.2, -0.15) is 0 Å². The molecular weight excluding hydrogens is 298 g/mol. The molecule has 3 fully saturated rings. The number of fused-ring (bicyclic) bond motifs is 5. The first kappa shape index (κ1) is 10.9. The van der Waals surface area contributed by atoms with Gasteiger partial charge in [-0.1, -0.05) is 6.42 Å². The Morgan fingerprint density at radius 1 is 1.41 bits per heavy atom. The third kappa shape index (κ3) is 1.38. The molecule has 3 aliphatic rings. The van der Waals surface area contributed by atoms with Crippen molar-refractivity contribution >= 4 is 27.3 Å². The summed E-state index contributed by atoms with van der Waals surface area (Å²) in [5.41, 5.74) is -0.604. The van der Waals surface area contributed by atoms with E-state index in [0.29, 0.717) is 5.92 Å². The molecule has 0 radical (unpaired) electrons. The number of halogens is 1. The van der Waals surface area contributed by atoms with Crippen molar-refractivity contribution in [2.45, 2.75) is 37.7 Å². The predicted molar refractivity (Wildman–Crippen MR) is 70.8 cm³/mol. The second-order valence-electron chi connectivity index (χ2n) is 5.96. The SMILES string of the molecule is OC1(c2nc(Br)cs2)CC2CC1C1CCCC21. The molecule has 0 amide bonds. The van der Waals surface area contributed by atoms with Crippen LogP contribution in [0.2, 0.25) is 0 Å². The molecule has 5 unspecified atom stereocenters. The van der Waals surface area contributed by atoms with Crippen molar-refractivity contribution in [3.63, 3.8) is 0 Å². The molecule has 1 heterocycles. The monoisotopic (exact) mass is 313 g/mol. The second-order valence-corrected chi connectivity index (χ2v) is 7.64. The van der Waals surface area contributed by atoms with E-state index in [9.17, 15) is 5.11 Å². The Kier molecular flexibility index (Phi) is 2.28. The quantitative estimate of drug-likeness (QED) is 0.860. The summed E-state index contributed by atoms with van der Waals surface area (Å²) in [5.74, 6) is 2.95. The largest absolute Gasteiger partial charge is 0.382 e. The minimum Gasteiger partial charge on any atom is -0.382 e. The highest BCUT2D eigenvalue weighted by molar-refractivity contribution is 9.10. The summed E-state index contributed by atoms with van der Waals surface area (Å²) < 4.78 is 0.872. The number of aliphatic hydroxyl groups is 1. The third-order valence-corrected chi connectivity index (χ3v) is 7.06. The van der Waals surface area contributed by atoms with Gasteiger partial charge in [-0.15, -0.1) is 11.3 Å². The van der Waals surface area contributed by atoms with Crippen molar-refractivity contribution in [2.75, 3.05) is 0 Å². The van der Waals surface area contributed by atoms with E-state index in [-0.39, 0.29) is 0 Å². The lowest BCUT2D eigenvalue weighted by atomic mass is 9.73. The van der Waals surface area contributed by atoms with Gasteiger partial charge in [0.05, 0.1) is 0 Å². The van der Waals surface area contributed by atoms with Crippen LogP contribution in [0.15, 0.2) is 9.98 Å². The van der Waals surface area contributed by atoms with Crippen molar-refractivity contribution in [1.82, 2.24) is 4.98 Å². The van der Waals surface area contributed by atoms with Gasteiger partial charge in [0.2, 0.25) is 0 Å². The van der Waals surface area contributed by atoms with Gasteiger partial charge >= 0.3 is 0 Å². The van der Waals surface area contributed by atoms with Crippen LogP contribution in [0.1, 0.15) is 37.1 Å². The van der Waals surface area contributed by atoms with Crippen LogP contribution in [0.25, 0.3) is 0 Å². The zero-order valence-electron chi connectivity index (χ0n) is 9.60. The standard InChI is InChI=1S/C13H16BrNOS/c14-11-6-17-12(15-11)13(16)5-7-4-10(13)9-3-1-2-8(7)9/h6-10,16H,1-5H2. The lowest BCUT2D eigenvalue weighted by molar-refractivity contribution is -0.0514. The molecule has 5 atom stereocenters. The van der Waals surface area contributed by atoms with E-state index >= 15 is 0 Å². The summed E-state index contributed by atoms with van der Waals surface area (Å²) in [6.07, 6.45) is 6.31. The first-order valence-corrected chi connectivity index (χ1v) is 8.19. The summed E-state index contributed by atoms with van der Waals surface area (Å²) in [6.45, 7) is 0. The molecule has 4 heteroatoms. The van der Waals surface area contributed by atoms with Crippen molar-refractivity contribution in [1.29, 1.82) is 0 Å². The van der Waals surface area contributed by atoms with Crippen LogP contribution >= 0.6 is 27.3 Å². The van der Waals surface area contributed by atoms with Gasteiger partial charge in [0.15, 0.2) is 0 Å². The topological polar surface area (TPSA) is 33.1 Å². The van der Waals surface area contributed by atoms with Gasteiger partial charge in [0.1, 0.15) is 15.2 Å². The zero-order valence-corrected chi connectivity index (χ0v) is 12.0. The zero-order chi connectivity index (χ0) is 11.6. The highest BCUT2D eigenvalue weighted by atomic mass is 79.9. The van der Waals surface area contributed by atoms with Gasteiger partial charge in [-0.05, 0) is 65.3 Å². The fourth-order valence-corrected chi connectivity index (χ4v) is 6.24. The minimum absolute atomic E-state index is 0.484. The molecule has 4 rings (SSSR count). The van der Waals surface area contributed by atoms with Crippen LogP contribution < -0.4 is 0 Å². The number of rotatable bonds is 1. The summed E-state index contributed by atoms with van der Waals surface area (Å²) >= 11 is 5.01. The molecule has 0 aromatic carbocycles. The first-order chi connectivity index (χ1) is 8.18. The normalized spacial score (nSPS) is 47.6. The van der Waals surface area contributed by atoms with E-state index in [0.717, 1.165) is 33.8 Å². The third-order valence-electron chi connectivity index (χ3n) is 5.34. The smallest absolute Gasteiger partial charge is 0.126 e. The molecule has 0 aliphatic heterocycles. The van der Waals surface area contributed by atoms with Crippen LogP contribution in [-0.4, -0.2) is 10.1 Å². The Labute approximate surface area is 114 Å². The maximum Gasteiger partial charge on any atom is 0.126 e. The molecule has 3 saturated carbocycles. The molecule has 3 aliphatic carbocycles. The van der Waals surface area contributed by atoms with Gasteiger partial charge < -0.3 is 5.11 Å². The second kappa shape index (κ2) is 3.55. The Balaban J connectivity index is 1.72. The number of thiazole rings is 1. The Morgan fingerprint density at radius 3 is 3.00 bits per heavy atom. The van der Waals surface area contributed by atoms with Crippen LogP contribution in [0.5, 0.6) is 0 Å². The van der Waals surface area contributed by atoms with Crippen molar-refractivity contribution < 1.29 is 5.11 Å². The van der Waals surface area contributed by atoms with Gasteiger partial charge in [0.25, 0.3) is 0 Å². The molecule has 2 nitrogen and oxygen atoms in total. The van der Waals surface area contributed by atoms with Gasteiger partial charge in [-0.25, -0.2) is 4.98 Å².